The summed E-state index contributed by atoms with van der Waals surface area (Å²) in [6, 6.07) is 0. The molecule has 5 fully saturated rings. The Morgan fingerprint density at radius 3 is 2.79 bits per heavy atom. The van der Waals surface area contributed by atoms with E-state index in [9.17, 15) is 14.9 Å². The van der Waals surface area contributed by atoms with E-state index >= 15 is 0 Å². The van der Waals surface area contributed by atoms with Gasteiger partial charge in [0.25, 0.3) is 0 Å². The zero-order valence-corrected chi connectivity index (χ0v) is 13.9. The van der Waals surface area contributed by atoms with Crippen molar-refractivity contribution < 1.29 is 29.0 Å². The molecule has 0 aromatic rings. The van der Waals surface area contributed by atoms with Gasteiger partial charge < -0.3 is 9.47 Å². The number of carbonyl (C=O) groups is 1. The van der Waals surface area contributed by atoms with Gasteiger partial charge in [-0.3, -0.25) is 14.9 Å². The first-order valence-corrected chi connectivity index (χ1v) is 8.73. The summed E-state index contributed by atoms with van der Waals surface area (Å²) >= 11 is 0. The van der Waals surface area contributed by atoms with Crippen molar-refractivity contribution in [2.75, 3.05) is 6.54 Å². The number of carbonyl (C=O) groups excluding carboxylic acids is 1. The third-order valence-electron chi connectivity index (χ3n) is 6.41. The van der Waals surface area contributed by atoms with Gasteiger partial charge in [-0.05, 0) is 32.1 Å². The number of nitro groups is 1. The third kappa shape index (κ3) is 2.19. The molecule has 0 aromatic heterocycles. The molecule has 5 aliphatic rings. The second-order valence-corrected chi connectivity index (χ2v) is 7.80. The van der Waals surface area contributed by atoms with Crippen LogP contribution in [-0.4, -0.2) is 35.1 Å². The summed E-state index contributed by atoms with van der Waals surface area (Å²) in [6.07, 6.45) is 2.62. The van der Waals surface area contributed by atoms with E-state index in [0.717, 1.165) is 19.3 Å². The zero-order valence-electron chi connectivity index (χ0n) is 13.9. The SMILES string of the molecule is C[C@@H]1CC[C@H]2[C@@H](CC[N+](=O)[O-])C(=O)O[C@@H]3O[C@@]4(C)CC[C@@H]1[C@]32OO4. The lowest BCUT2D eigenvalue weighted by Gasteiger charge is -2.58. The van der Waals surface area contributed by atoms with Gasteiger partial charge in [0.05, 0.1) is 5.92 Å². The number of fused-ring (bicyclic) bond motifs is 2. The average molecular weight is 341 g/mol. The zero-order chi connectivity index (χ0) is 17.1. The van der Waals surface area contributed by atoms with E-state index in [1.807, 2.05) is 0 Å². The lowest BCUT2D eigenvalue weighted by molar-refractivity contribution is -0.560. The molecule has 0 N–H and O–H groups in total. The molecule has 8 nitrogen and oxygen atoms in total. The van der Waals surface area contributed by atoms with Gasteiger partial charge in [0.15, 0.2) is 5.60 Å². The van der Waals surface area contributed by atoms with E-state index < -0.39 is 34.5 Å². The largest absolute Gasteiger partial charge is 0.432 e. The van der Waals surface area contributed by atoms with Gasteiger partial charge in [0.2, 0.25) is 18.6 Å². The first kappa shape index (κ1) is 16.2. The maximum absolute atomic E-state index is 12.5. The molecule has 2 bridgehead atoms. The summed E-state index contributed by atoms with van der Waals surface area (Å²) in [6.45, 7) is 3.72. The van der Waals surface area contributed by atoms with Crippen LogP contribution in [0.15, 0.2) is 0 Å². The Kier molecular flexibility index (Phi) is 3.63. The summed E-state index contributed by atoms with van der Waals surface area (Å²) in [4.78, 5) is 34.4. The normalized spacial score (nSPS) is 49.9. The van der Waals surface area contributed by atoms with E-state index in [0.29, 0.717) is 12.3 Å². The van der Waals surface area contributed by atoms with E-state index in [-0.39, 0.29) is 24.8 Å². The van der Waals surface area contributed by atoms with Crippen LogP contribution in [0.3, 0.4) is 0 Å². The van der Waals surface area contributed by atoms with E-state index in [1.54, 1.807) is 6.92 Å². The third-order valence-corrected chi connectivity index (χ3v) is 6.41. The lowest BCUT2D eigenvalue weighted by atomic mass is 9.57. The molecule has 7 atom stereocenters. The van der Waals surface area contributed by atoms with Crippen molar-refractivity contribution in [3.05, 3.63) is 10.1 Å². The molecule has 0 radical (unpaired) electrons. The Balaban J connectivity index is 1.72. The van der Waals surface area contributed by atoms with Crippen LogP contribution >= 0.6 is 0 Å². The van der Waals surface area contributed by atoms with Crippen molar-refractivity contribution in [1.29, 1.82) is 0 Å². The van der Waals surface area contributed by atoms with Crippen LogP contribution in [-0.2, 0) is 24.0 Å². The standard InChI is InChI=1S/C16H23NO7/c1-9-3-4-12-10(6-8-17(19)20)13(18)21-14-16(12)11(9)5-7-15(2,22-14)23-24-16/h9-12,14H,3-8H2,1-2H3/t9-,10-,11+,12+,14-,15-,16-/m1/s1. The average Bonchev–Trinajstić information content (AvgIpc) is 2.74. The van der Waals surface area contributed by atoms with Crippen molar-refractivity contribution in [1.82, 2.24) is 0 Å². The van der Waals surface area contributed by atoms with Gasteiger partial charge in [0, 0.05) is 29.6 Å². The van der Waals surface area contributed by atoms with Crippen molar-refractivity contribution >= 4 is 5.97 Å². The maximum Gasteiger partial charge on any atom is 0.312 e. The molecule has 4 heterocycles. The summed E-state index contributed by atoms with van der Waals surface area (Å²) in [5.41, 5.74) is -0.844. The molecule has 0 aromatic carbocycles. The molecule has 134 valence electrons. The molecule has 4 aliphatic heterocycles. The Hall–Kier alpha value is -1.25. The molecular formula is C16H23NO7. The minimum atomic E-state index is -0.911. The summed E-state index contributed by atoms with van der Waals surface area (Å²) in [7, 11) is 0. The van der Waals surface area contributed by atoms with Crippen LogP contribution in [0.1, 0.15) is 46.0 Å². The highest BCUT2D eigenvalue weighted by Gasteiger charge is 2.70. The highest BCUT2D eigenvalue weighted by atomic mass is 17.3. The Morgan fingerprint density at radius 2 is 2.04 bits per heavy atom. The second kappa shape index (κ2) is 5.37. The second-order valence-electron chi connectivity index (χ2n) is 7.80. The molecule has 1 saturated carbocycles. The molecule has 1 aliphatic carbocycles. The number of hydrogen-bond acceptors (Lipinski definition) is 7. The predicted molar refractivity (Wildman–Crippen MR) is 78.9 cm³/mol. The molecule has 1 spiro atoms. The fraction of sp³-hybridized carbons (Fsp3) is 0.938. The Morgan fingerprint density at radius 1 is 1.25 bits per heavy atom. The molecule has 4 saturated heterocycles. The number of rotatable bonds is 3. The maximum atomic E-state index is 12.5. The highest BCUT2D eigenvalue weighted by molar-refractivity contribution is 5.74. The quantitative estimate of drug-likeness (QED) is 0.335. The topological polar surface area (TPSA) is 97.1 Å². The van der Waals surface area contributed by atoms with Gasteiger partial charge in [-0.15, -0.1) is 0 Å². The number of ether oxygens (including phenoxy) is 2. The van der Waals surface area contributed by atoms with E-state index in [4.69, 9.17) is 19.2 Å². The van der Waals surface area contributed by atoms with Crippen LogP contribution in [0.5, 0.6) is 0 Å². The van der Waals surface area contributed by atoms with Gasteiger partial charge in [-0.2, -0.15) is 0 Å². The number of hydrogen-bond donors (Lipinski definition) is 0. The molecule has 0 amide bonds. The van der Waals surface area contributed by atoms with Crippen LogP contribution in [0.25, 0.3) is 0 Å². The van der Waals surface area contributed by atoms with Crippen molar-refractivity contribution in [3.8, 4) is 0 Å². The summed E-state index contributed by atoms with van der Waals surface area (Å²) < 4.78 is 11.6. The molecule has 0 unspecified atom stereocenters. The monoisotopic (exact) mass is 341 g/mol. The minimum Gasteiger partial charge on any atom is -0.432 e. The first-order chi connectivity index (χ1) is 11.4. The van der Waals surface area contributed by atoms with E-state index in [1.165, 1.54) is 0 Å². The van der Waals surface area contributed by atoms with Gasteiger partial charge in [-0.1, -0.05) is 6.92 Å². The highest BCUT2D eigenvalue weighted by Crippen LogP contribution is 2.60. The first-order valence-electron chi connectivity index (χ1n) is 8.73. The number of nitrogens with zero attached hydrogens (tertiary/aromatic N) is 1. The van der Waals surface area contributed by atoms with Crippen LogP contribution < -0.4 is 0 Å². The predicted octanol–water partition coefficient (Wildman–Crippen LogP) is 2.04. The van der Waals surface area contributed by atoms with Crippen LogP contribution in [0.2, 0.25) is 0 Å². The van der Waals surface area contributed by atoms with Crippen molar-refractivity contribution in [2.45, 2.75) is 63.6 Å². The molecular weight excluding hydrogens is 318 g/mol. The molecule has 8 heteroatoms. The fourth-order valence-corrected chi connectivity index (χ4v) is 5.18. The summed E-state index contributed by atoms with van der Waals surface area (Å²) in [5, 5.41) is 10.8. The minimum absolute atomic E-state index is 0.150. The van der Waals surface area contributed by atoms with Gasteiger partial charge >= 0.3 is 5.97 Å². The van der Waals surface area contributed by atoms with Gasteiger partial charge in [0.1, 0.15) is 0 Å². The number of esters is 1. The Labute approximate surface area is 139 Å². The molecule has 5 rings (SSSR count). The summed E-state index contributed by atoms with van der Waals surface area (Å²) in [5.74, 6) is -1.50. The van der Waals surface area contributed by atoms with Crippen molar-refractivity contribution in [3.63, 3.8) is 0 Å². The van der Waals surface area contributed by atoms with Crippen LogP contribution in [0.4, 0.5) is 0 Å². The van der Waals surface area contributed by atoms with E-state index in [2.05, 4.69) is 6.92 Å². The lowest BCUT2D eigenvalue weighted by Crippen LogP contribution is -2.70. The van der Waals surface area contributed by atoms with Crippen LogP contribution in [0, 0.1) is 33.8 Å². The van der Waals surface area contributed by atoms with Gasteiger partial charge in [-0.25, -0.2) is 9.78 Å². The Bertz CT molecular complexity index is 569. The van der Waals surface area contributed by atoms with Crippen molar-refractivity contribution in [2.24, 2.45) is 23.7 Å². The molecule has 24 heavy (non-hydrogen) atoms. The smallest absolute Gasteiger partial charge is 0.312 e. The fourth-order valence-electron chi connectivity index (χ4n) is 5.18.